The molecule has 0 atom stereocenters. The van der Waals surface area contributed by atoms with E-state index in [1.165, 1.54) is 5.56 Å². The van der Waals surface area contributed by atoms with Crippen LogP contribution >= 0.6 is 0 Å². The Kier molecular flexibility index (Phi) is 4.96. The van der Waals surface area contributed by atoms with Gasteiger partial charge in [-0.1, -0.05) is 17.7 Å². The lowest BCUT2D eigenvalue weighted by Gasteiger charge is -2.38. The monoisotopic (exact) mass is 482 g/mol. The van der Waals surface area contributed by atoms with E-state index in [-0.39, 0.29) is 0 Å². The first kappa shape index (κ1) is 21.8. The van der Waals surface area contributed by atoms with E-state index in [4.69, 9.17) is 4.74 Å². The number of carbonyl (C=O) groups is 3. The second kappa shape index (κ2) is 8.19. The molecular weight excluding hydrogens is 460 g/mol. The fourth-order valence-corrected chi connectivity index (χ4v) is 4.87. The highest BCUT2D eigenvalue weighted by atomic mass is 16.5. The molecule has 2 fully saturated rings. The molecule has 2 aromatic carbocycles. The van der Waals surface area contributed by atoms with Gasteiger partial charge in [0.2, 0.25) is 5.88 Å². The molecule has 2 aromatic heterocycles. The highest BCUT2D eigenvalue weighted by Gasteiger charge is 2.57. The van der Waals surface area contributed by atoms with Gasteiger partial charge in [0.25, 0.3) is 11.8 Å². The molecule has 2 saturated heterocycles. The maximum atomic E-state index is 12.7. The normalized spacial score (nSPS) is 16.9. The fourth-order valence-electron chi connectivity index (χ4n) is 4.87. The van der Waals surface area contributed by atoms with E-state index < -0.39 is 23.4 Å². The average molecular weight is 483 g/mol. The van der Waals surface area contributed by atoms with Gasteiger partial charge in [-0.15, -0.1) is 0 Å². The predicted octanol–water partition coefficient (Wildman–Crippen LogP) is 3.23. The number of benzene rings is 2. The second-order valence-electron chi connectivity index (χ2n) is 8.92. The van der Waals surface area contributed by atoms with Crippen LogP contribution in [-0.4, -0.2) is 44.7 Å². The van der Waals surface area contributed by atoms with Gasteiger partial charge < -0.3 is 9.64 Å². The van der Waals surface area contributed by atoms with Crippen LogP contribution in [-0.2, 0) is 9.59 Å². The Hall–Kier alpha value is -4.73. The van der Waals surface area contributed by atoms with Crippen LogP contribution in [0.1, 0.15) is 18.4 Å². The van der Waals surface area contributed by atoms with Crippen LogP contribution in [0.5, 0.6) is 11.6 Å². The van der Waals surface area contributed by atoms with Crippen molar-refractivity contribution in [2.45, 2.75) is 25.3 Å². The lowest BCUT2D eigenvalue weighted by atomic mass is 9.92. The Balaban J connectivity index is 1.22. The number of anilines is 1. The molecule has 4 heterocycles. The Morgan fingerprint density at radius 1 is 0.917 bits per heavy atom. The van der Waals surface area contributed by atoms with Gasteiger partial charge in [0.05, 0.1) is 29.3 Å². The number of aryl methyl sites for hydroxylation is 1. The van der Waals surface area contributed by atoms with Crippen molar-refractivity contribution in [1.82, 2.24) is 25.4 Å². The third kappa shape index (κ3) is 3.46. The lowest BCUT2D eigenvalue weighted by molar-refractivity contribution is -0.137. The van der Waals surface area contributed by atoms with Crippen molar-refractivity contribution in [3.8, 4) is 17.3 Å². The number of nitrogens with one attached hydrogen (secondary N) is 2. The van der Waals surface area contributed by atoms with Gasteiger partial charge in [-0.05, 0) is 56.2 Å². The number of rotatable bonds is 4. The standard InChI is InChI=1S/C26H22N6O4/c1-16-3-5-18(6-4-16)32-21-9-8-20(13-17(21)14-28-32)36-22-10-7-19(15-27-22)31-12-2-11-26(31)23(33)29-25(35)30-24(26)34/h3-10,13-15H,2,11-12H2,1H3,(H2,29,30,33,34,35). The summed E-state index contributed by atoms with van der Waals surface area (Å²) in [6.45, 7) is 2.53. The minimum Gasteiger partial charge on any atom is -0.439 e. The summed E-state index contributed by atoms with van der Waals surface area (Å²) in [6, 6.07) is 16.5. The number of hydrogen-bond acceptors (Lipinski definition) is 7. The maximum Gasteiger partial charge on any atom is 0.328 e. The quantitative estimate of drug-likeness (QED) is 0.429. The molecule has 4 aromatic rings. The van der Waals surface area contributed by atoms with Crippen molar-refractivity contribution in [3.63, 3.8) is 0 Å². The van der Waals surface area contributed by atoms with Crippen LogP contribution < -0.4 is 20.3 Å². The number of fused-ring (bicyclic) bond motifs is 1. The smallest absolute Gasteiger partial charge is 0.328 e. The SMILES string of the molecule is Cc1ccc(-n2ncc3cc(Oc4ccc(N5CCCC56C(=O)NC(=O)NC6=O)cn4)ccc32)cc1. The molecule has 4 amide bonds. The van der Waals surface area contributed by atoms with Crippen molar-refractivity contribution in [2.75, 3.05) is 11.4 Å². The lowest BCUT2D eigenvalue weighted by Crippen LogP contribution is -2.71. The van der Waals surface area contributed by atoms with Gasteiger partial charge in [-0.3, -0.25) is 20.2 Å². The molecule has 10 heteroatoms. The first-order valence-corrected chi connectivity index (χ1v) is 11.6. The third-order valence-corrected chi connectivity index (χ3v) is 6.66. The van der Waals surface area contributed by atoms with E-state index >= 15 is 0 Å². The van der Waals surface area contributed by atoms with Crippen molar-refractivity contribution >= 4 is 34.4 Å². The van der Waals surface area contributed by atoms with Crippen LogP contribution in [0.3, 0.4) is 0 Å². The van der Waals surface area contributed by atoms with Gasteiger partial charge in [0, 0.05) is 18.0 Å². The van der Waals surface area contributed by atoms with Crippen molar-refractivity contribution in [3.05, 3.63) is 72.6 Å². The number of ether oxygens (including phenoxy) is 1. The molecule has 0 radical (unpaired) electrons. The number of nitrogens with zero attached hydrogens (tertiary/aromatic N) is 4. The van der Waals surface area contributed by atoms with E-state index in [1.54, 1.807) is 29.4 Å². The van der Waals surface area contributed by atoms with E-state index in [0.717, 1.165) is 16.6 Å². The third-order valence-electron chi connectivity index (χ3n) is 6.66. The van der Waals surface area contributed by atoms with Crippen LogP contribution in [0.4, 0.5) is 10.5 Å². The first-order chi connectivity index (χ1) is 17.4. The molecule has 180 valence electrons. The zero-order valence-electron chi connectivity index (χ0n) is 19.4. The number of barbiturate groups is 1. The zero-order chi connectivity index (χ0) is 24.9. The van der Waals surface area contributed by atoms with E-state index in [9.17, 15) is 14.4 Å². The fraction of sp³-hybridized carbons (Fsp3) is 0.192. The summed E-state index contributed by atoms with van der Waals surface area (Å²) in [6.07, 6.45) is 4.29. The number of pyridine rings is 1. The summed E-state index contributed by atoms with van der Waals surface area (Å²) in [5.41, 5.74) is 2.25. The Labute approximate surface area is 205 Å². The molecule has 0 aliphatic carbocycles. The minimum atomic E-state index is -1.46. The highest BCUT2D eigenvalue weighted by Crippen LogP contribution is 2.36. The predicted molar refractivity (Wildman–Crippen MR) is 131 cm³/mol. The Bertz CT molecular complexity index is 1490. The van der Waals surface area contributed by atoms with Gasteiger partial charge in [-0.25, -0.2) is 14.5 Å². The summed E-state index contributed by atoms with van der Waals surface area (Å²) in [7, 11) is 0. The number of urea groups is 1. The minimum absolute atomic E-state index is 0.312. The van der Waals surface area contributed by atoms with Gasteiger partial charge in [0.1, 0.15) is 5.75 Å². The molecular formula is C26H22N6O4. The van der Waals surface area contributed by atoms with Crippen molar-refractivity contribution < 1.29 is 19.1 Å². The summed E-state index contributed by atoms with van der Waals surface area (Å²) >= 11 is 0. The maximum absolute atomic E-state index is 12.7. The Morgan fingerprint density at radius 2 is 1.67 bits per heavy atom. The molecule has 0 bridgehead atoms. The van der Waals surface area contributed by atoms with Crippen LogP contribution in [0.25, 0.3) is 16.6 Å². The number of amides is 4. The van der Waals surface area contributed by atoms with Crippen molar-refractivity contribution in [2.24, 2.45) is 0 Å². The molecule has 6 rings (SSSR count). The molecule has 10 nitrogen and oxygen atoms in total. The van der Waals surface area contributed by atoms with Gasteiger partial charge >= 0.3 is 6.03 Å². The molecule has 0 saturated carbocycles. The molecule has 36 heavy (non-hydrogen) atoms. The number of hydrogen-bond donors (Lipinski definition) is 2. The first-order valence-electron chi connectivity index (χ1n) is 11.6. The summed E-state index contributed by atoms with van der Waals surface area (Å²) in [4.78, 5) is 42.9. The van der Waals surface area contributed by atoms with E-state index in [2.05, 4.69) is 20.7 Å². The van der Waals surface area contributed by atoms with Crippen LogP contribution in [0.2, 0.25) is 0 Å². The van der Waals surface area contributed by atoms with E-state index in [0.29, 0.717) is 36.7 Å². The van der Waals surface area contributed by atoms with Crippen molar-refractivity contribution in [1.29, 1.82) is 0 Å². The summed E-state index contributed by atoms with van der Waals surface area (Å²) < 4.78 is 7.84. The summed E-state index contributed by atoms with van der Waals surface area (Å²) in [5.74, 6) is -0.263. The highest BCUT2D eigenvalue weighted by molar-refractivity contribution is 6.24. The van der Waals surface area contributed by atoms with Gasteiger partial charge in [-0.2, -0.15) is 5.10 Å². The average Bonchev–Trinajstić information content (AvgIpc) is 3.49. The van der Waals surface area contributed by atoms with Gasteiger partial charge in [0.15, 0.2) is 5.54 Å². The van der Waals surface area contributed by atoms with Crippen LogP contribution in [0, 0.1) is 6.92 Å². The molecule has 2 aliphatic heterocycles. The van der Waals surface area contributed by atoms with E-state index in [1.807, 2.05) is 54.1 Å². The topological polar surface area (TPSA) is 118 Å². The molecule has 2 N–H and O–H groups in total. The number of imide groups is 2. The second-order valence-corrected chi connectivity index (χ2v) is 8.92. The number of carbonyl (C=O) groups excluding carboxylic acids is 3. The Morgan fingerprint density at radius 3 is 2.39 bits per heavy atom. The van der Waals surface area contributed by atoms with Crippen LogP contribution in [0.15, 0.2) is 67.0 Å². The summed E-state index contributed by atoms with van der Waals surface area (Å²) in [5, 5.41) is 9.86. The largest absolute Gasteiger partial charge is 0.439 e. The molecule has 0 unspecified atom stereocenters. The number of aromatic nitrogens is 3. The molecule has 1 spiro atoms. The molecule has 2 aliphatic rings. The zero-order valence-corrected chi connectivity index (χ0v) is 19.4.